The third-order valence-corrected chi connectivity index (χ3v) is 4.86. The van der Waals surface area contributed by atoms with Crippen LogP contribution in [0.25, 0.3) is 11.0 Å². The van der Waals surface area contributed by atoms with Crippen LogP contribution >= 0.6 is 0 Å². The number of piperidine rings is 1. The van der Waals surface area contributed by atoms with Gasteiger partial charge >= 0.3 is 6.03 Å². The number of carbonyl (C=O) groups excluding carboxylic acids is 1. The maximum Gasteiger partial charge on any atom is 0.312 e. The number of furan rings is 1. The van der Waals surface area contributed by atoms with E-state index in [0.717, 1.165) is 49.1 Å². The van der Waals surface area contributed by atoms with Crippen molar-refractivity contribution in [3.63, 3.8) is 0 Å². The van der Waals surface area contributed by atoms with Crippen molar-refractivity contribution in [2.24, 2.45) is 5.73 Å². The normalized spacial score (nSPS) is 16.2. The summed E-state index contributed by atoms with van der Waals surface area (Å²) in [6.45, 7) is 3.29. The quantitative estimate of drug-likeness (QED) is 0.730. The summed E-state index contributed by atoms with van der Waals surface area (Å²) in [5.74, 6) is 0. The van der Waals surface area contributed by atoms with Crippen molar-refractivity contribution in [1.29, 1.82) is 0 Å². The molecule has 1 aromatic carbocycles. The molecule has 1 saturated heterocycles. The van der Waals surface area contributed by atoms with Gasteiger partial charge in [-0.15, -0.1) is 5.10 Å². The fourth-order valence-electron chi connectivity index (χ4n) is 3.47. The molecule has 0 bridgehead atoms. The Hall–Kier alpha value is -2.87. The molecule has 0 atom stereocenters. The minimum Gasteiger partial charge on any atom is -0.464 e. The molecule has 2 amide bonds. The molecule has 0 unspecified atom stereocenters. The number of carbonyl (C=O) groups is 1. The molecule has 3 N–H and O–H groups in total. The van der Waals surface area contributed by atoms with E-state index >= 15 is 0 Å². The summed E-state index contributed by atoms with van der Waals surface area (Å²) in [7, 11) is 0. The number of nitrogens with one attached hydrogen (secondary N) is 1. The average molecular weight is 354 g/mol. The highest BCUT2D eigenvalue weighted by atomic mass is 16.3. The zero-order valence-electron chi connectivity index (χ0n) is 14.5. The van der Waals surface area contributed by atoms with Gasteiger partial charge in [-0.3, -0.25) is 4.90 Å². The van der Waals surface area contributed by atoms with Crippen LogP contribution in [0.2, 0.25) is 0 Å². The van der Waals surface area contributed by atoms with E-state index < -0.39 is 6.03 Å². The largest absolute Gasteiger partial charge is 0.464 e. The zero-order chi connectivity index (χ0) is 17.9. The lowest BCUT2D eigenvalue weighted by Gasteiger charge is -2.31. The predicted octanol–water partition coefficient (Wildman–Crippen LogP) is 2.03. The lowest BCUT2D eigenvalue weighted by atomic mass is 10.0. The molecule has 0 aliphatic carbocycles. The molecule has 136 valence electrons. The second-order valence-electron chi connectivity index (χ2n) is 6.71. The van der Waals surface area contributed by atoms with Crippen LogP contribution < -0.4 is 11.1 Å². The number of likely N-dealkylation sites (tertiary alicyclic amines) is 1. The number of primary amides is 1. The summed E-state index contributed by atoms with van der Waals surface area (Å²) in [6, 6.07) is 8.15. The Balaban J connectivity index is 1.31. The number of nitrogens with zero attached hydrogens (tertiary/aromatic N) is 4. The van der Waals surface area contributed by atoms with Gasteiger partial charge in [0.25, 0.3) is 0 Å². The first-order chi connectivity index (χ1) is 12.7. The third kappa shape index (κ3) is 3.70. The van der Waals surface area contributed by atoms with Crippen LogP contribution in [0.15, 0.2) is 41.1 Å². The van der Waals surface area contributed by atoms with Gasteiger partial charge in [0.1, 0.15) is 11.3 Å². The van der Waals surface area contributed by atoms with Crippen molar-refractivity contribution in [3.05, 3.63) is 48.0 Å². The van der Waals surface area contributed by atoms with Gasteiger partial charge in [0.05, 0.1) is 25.0 Å². The van der Waals surface area contributed by atoms with E-state index in [-0.39, 0.29) is 0 Å². The van der Waals surface area contributed by atoms with Gasteiger partial charge in [0, 0.05) is 25.0 Å². The molecule has 4 rings (SSSR count). The molecule has 0 radical (unpaired) electrons. The Morgan fingerprint density at radius 2 is 2.15 bits per heavy atom. The van der Waals surface area contributed by atoms with Crippen molar-refractivity contribution >= 4 is 17.0 Å². The average Bonchev–Trinajstić information content (AvgIpc) is 3.29. The van der Waals surface area contributed by atoms with Gasteiger partial charge in [0.2, 0.25) is 0 Å². The van der Waals surface area contributed by atoms with Crippen LogP contribution in [0.4, 0.5) is 4.79 Å². The van der Waals surface area contributed by atoms with Gasteiger partial charge in [-0.25, -0.2) is 9.48 Å². The minimum absolute atomic E-state index is 0.310. The molecule has 8 nitrogen and oxygen atoms in total. The van der Waals surface area contributed by atoms with Gasteiger partial charge in [0.15, 0.2) is 0 Å². The first-order valence-corrected chi connectivity index (χ1v) is 8.80. The number of amides is 2. The van der Waals surface area contributed by atoms with Gasteiger partial charge in [-0.2, -0.15) is 0 Å². The van der Waals surface area contributed by atoms with E-state index in [2.05, 4.69) is 32.7 Å². The summed E-state index contributed by atoms with van der Waals surface area (Å²) < 4.78 is 7.31. The lowest BCUT2D eigenvalue weighted by molar-refractivity contribution is 0.172. The zero-order valence-corrected chi connectivity index (χ0v) is 14.5. The van der Waals surface area contributed by atoms with Crippen molar-refractivity contribution in [2.75, 3.05) is 13.1 Å². The highest BCUT2D eigenvalue weighted by Crippen LogP contribution is 2.24. The van der Waals surface area contributed by atoms with Gasteiger partial charge in [-0.1, -0.05) is 11.3 Å². The summed E-state index contributed by atoms with van der Waals surface area (Å²) in [6.07, 6.45) is 5.67. The molecule has 1 aliphatic rings. The Bertz CT molecular complexity index is 894. The maximum atomic E-state index is 10.8. The molecule has 3 heterocycles. The standard InChI is InChI=1S/C18H22N6O2/c19-18(25)20-10-15-12-24(22-21-15)16-3-6-23(7-4-16)11-13-1-2-17-14(9-13)5-8-26-17/h1-2,5,8-9,12,16H,3-4,6-7,10-11H2,(H3,19,20,25). The molecule has 0 spiro atoms. The number of fused-ring (bicyclic) bond motifs is 1. The molecule has 3 aromatic rings. The second kappa shape index (κ2) is 7.17. The topological polar surface area (TPSA) is 102 Å². The molecular formula is C18H22N6O2. The van der Waals surface area contributed by atoms with Crippen molar-refractivity contribution < 1.29 is 9.21 Å². The number of benzene rings is 1. The van der Waals surface area contributed by atoms with E-state index in [4.69, 9.17) is 10.2 Å². The SMILES string of the molecule is NC(=O)NCc1cn(C2CCN(Cc3ccc4occc4c3)CC2)nn1. The van der Waals surface area contributed by atoms with E-state index in [1.165, 1.54) is 5.56 Å². The monoisotopic (exact) mass is 354 g/mol. The molecule has 1 fully saturated rings. The summed E-state index contributed by atoms with van der Waals surface area (Å²) >= 11 is 0. The Morgan fingerprint density at radius 3 is 2.96 bits per heavy atom. The van der Waals surface area contributed by atoms with E-state index in [1.807, 2.05) is 23.0 Å². The molecule has 0 saturated carbocycles. The van der Waals surface area contributed by atoms with Gasteiger partial charge < -0.3 is 15.5 Å². The summed E-state index contributed by atoms with van der Waals surface area (Å²) in [5, 5.41) is 12.0. The smallest absolute Gasteiger partial charge is 0.312 e. The van der Waals surface area contributed by atoms with E-state index in [9.17, 15) is 4.79 Å². The van der Waals surface area contributed by atoms with Crippen LogP contribution in [-0.2, 0) is 13.1 Å². The fourth-order valence-corrected chi connectivity index (χ4v) is 3.47. The third-order valence-electron chi connectivity index (χ3n) is 4.86. The lowest BCUT2D eigenvalue weighted by Crippen LogP contribution is -2.34. The number of aromatic nitrogens is 3. The number of nitrogens with two attached hydrogens (primary N) is 1. The highest BCUT2D eigenvalue weighted by Gasteiger charge is 2.21. The number of hydrogen-bond acceptors (Lipinski definition) is 5. The van der Waals surface area contributed by atoms with Crippen LogP contribution in [0.3, 0.4) is 0 Å². The van der Waals surface area contributed by atoms with Crippen LogP contribution in [0.1, 0.15) is 30.1 Å². The molecular weight excluding hydrogens is 332 g/mol. The molecule has 2 aromatic heterocycles. The maximum absolute atomic E-state index is 10.8. The number of hydrogen-bond donors (Lipinski definition) is 2. The predicted molar refractivity (Wildman–Crippen MR) is 96.2 cm³/mol. The Kier molecular flexibility index (Phi) is 4.57. The first-order valence-electron chi connectivity index (χ1n) is 8.80. The fraction of sp³-hybridized carbons (Fsp3) is 0.389. The first kappa shape index (κ1) is 16.6. The molecule has 26 heavy (non-hydrogen) atoms. The summed E-state index contributed by atoms with van der Waals surface area (Å²) in [4.78, 5) is 13.2. The highest BCUT2D eigenvalue weighted by molar-refractivity contribution is 5.77. The number of urea groups is 1. The van der Waals surface area contributed by atoms with Crippen molar-refractivity contribution in [2.45, 2.75) is 32.0 Å². The minimum atomic E-state index is -0.554. The second-order valence-corrected chi connectivity index (χ2v) is 6.71. The summed E-state index contributed by atoms with van der Waals surface area (Å²) in [5.41, 5.74) is 8.03. The van der Waals surface area contributed by atoms with Crippen LogP contribution in [-0.4, -0.2) is 39.0 Å². The van der Waals surface area contributed by atoms with E-state index in [0.29, 0.717) is 12.6 Å². The molecule has 1 aliphatic heterocycles. The van der Waals surface area contributed by atoms with Crippen LogP contribution in [0.5, 0.6) is 0 Å². The Morgan fingerprint density at radius 1 is 1.31 bits per heavy atom. The van der Waals surface area contributed by atoms with E-state index in [1.54, 1.807) is 6.26 Å². The van der Waals surface area contributed by atoms with Crippen molar-refractivity contribution in [1.82, 2.24) is 25.2 Å². The van der Waals surface area contributed by atoms with Crippen LogP contribution in [0, 0.1) is 0 Å². The number of rotatable bonds is 5. The van der Waals surface area contributed by atoms with Gasteiger partial charge in [-0.05, 0) is 36.6 Å². The van der Waals surface area contributed by atoms with Crippen molar-refractivity contribution in [3.8, 4) is 0 Å². The Labute approximate surface area is 150 Å². The molecule has 8 heteroatoms.